The summed E-state index contributed by atoms with van der Waals surface area (Å²) in [5, 5.41) is 13.7. The van der Waals surface area contributed by atoms with Crippen molar-refractivity contribution in [2.24, 2.45) is 7.05 Å². The molecule has 2 heterocycles. The monoisotopic (exact) mass is 322 g/mol. The van der Waals surface area contributed by atoms with Crippen LogP contribution in [0.4, 0.5) is 0 Å². The third-order valence-corrected chi connectivity index (χ3v) is 5.74. The number of aliphatic hydroxyl groups excluding tert-OH is 1. The lowest BCUT2D eigenvalue weighted by Gasteiger charge is -2.26. The van der Waals surface area contributed by atoms with Crippen molar-refractivity contribution in [2.45, 2.75) is 23.6 Å². The molecule has 0 amide bonds. The first-order valence-electron chi connectivity index (χ1n) is 6.25. The highest BCUT2D eigenvalue weighted by Crippen LogP contribution is 2.30. The zero-order valence-electron chi connectivity index (χ0n) is 11.7. The van der Waals surface area contributed by atoms with Gasteiger partial charge in [0.2, 0.25) is 0 Å². The van der Waals surface area contributed by atoms with Crippen LogP contribution in [0.5, 0.6) is 0 Å². The van der Waals surface area contributed by atoms with Gasteiger partial charge in [0.05, 0.1) is 17.3 Å². The molecule has 1 aliphatic rings. The predicted molar refractivity (Wildman–Crippen MR) is 75.1 cm³/mol. The summed E-state index contributed by atoms with van der Waals surface area (Å²) < 4.78 is 28.0. The lowest BCUT2D eigenvalue weighted by Crippen LogP contribution is -2.42. The molecule has 0 spiro atoms. The molecule has 1 N–H and O–H groups in total. The van der Waals surface area contributed by atoms with Crippen molar-refractivity contribution in [3.63, 3.8) is 0 Å². The summed E-state index contributed by atoms with van der Waals surface area (Å²) in [6.07, 6.45) is 1.08. The molecule has 1 fully saturated rings. The Morgan fingerprint density at radius 2 is 2.20 bits per heavy atom. The second-order valence-corrected chi connectivity index (χ2v) is 7.51. The second kappa shape index (κ2) is 5.61. The van der Waals surface area contributed by atoms with Crippen LogP contribution in [-0.2, 0) is 17.1 Å². The lowest BCUT2D eigenvalue weighted by molar-refractivity contribution is 0.188. The van der Waals surface area contributed by atoms with Crippen LogP contribution < -0.4 is 0 Å². The van der Waals surface area contributed by atoms with E-state index in [9.17, 15) is 13.5 Å². The molecule has 7 nitrogen and oxygen atoms in total. The smallest absolute Gasteiger partial charge is 0.262 e. The quantitative estimate of drug-likeness (QED) is 0.827. The topological polar surface area (TPSA) is 78.7 Å². The Labute approximate surface area is 123 Å². The first-order chi connectivity index (χ1) is 9.23. The predicted octanol–water partition coefficient (Wildman–Crippen LogP) is -0.241. The van der Waals surface area contributed by atoms with Gasteiger partial charge in [0.25, 0.3) is 10.0 Å². The Hall–Kier alpha value is -0.670. The van der Waals surface area contributed by atoms with E-state index in [2.05, 4.69) is 5.10 Å². The van der Waals surface area contributed by atoms with E-state index in [1.807, 2.05) is 19.0 Å². The van der Waals surface area contributed by atoms with Crippen molar-refractivity contribution in [1.82, 2.24) is 19.0 Å². The van der Waals surface area contributed by atoms with E-state index < -0.39 is 16.1 Å². The average Bonchev–Trinajstić information content (AvgIpc) is 2.82. The minimum atomic E-state index is -3.77. The molecule has 9 heteroatoms. The van der Waals surface area contributed by atoms with Crippen LogP contribution in [0.25, 0.3) is 0 Å². The maximum Gasteiger partial charge on any atom is 0.262 e. The van der Waals surface area contributed by atoms with Crippen molar-refractivity contribution >= 4 is 21.6 Å². The third kappa shape index (κ3) is 2.84. The number of likely N-dealkylation sites (N-methyl/N-ethyl adjacent to an activating group) is 1. The second-order valence-electron chi connectivity index (χ2n) is 5.30. The van der Waals surface area contributed by atoms with Crippen LogP contribution in [-0.4, -0.2) is 71.8 Å². The van der Waals surface area contributed by atoms with E-state index in [4.69, 9.17) is 11.6 Å². The van der Waals surface area contributed by atoms with Crippen molar-refractivity contribution in [3.05, 3.63) is 11.2 Å². The number of aliphatic hydroxyl groups is 1. The number of halogens is 1. The summed E-state index contributed by atoms with van der Waals surface area (Å²) in [5.41, 5.74) is 0. The van der Waals surface area contributed by atoms with Crippen molar-refractivity contribution in [3.8, 4) is 0 Å². The minimum absolute atomic E-state index is 0.0305. The van der Waals surface area contributed by atoms with Gasteiger partial charge >= 0.3 is 0 Å². The van der Waals surface area contributed by atoms with Crippen LogP contribution in [0, 0.1) is 0 Å². The van der Waals surface area contributed by atoms with Crippen molar-refractivity contribution in [2.75, 3.05) is 27.2 Å². The molecule has 0 aromatic carbocycles. The Morgan fingerprint density at radius 1 is 1.55 bits per heavy atom. The van der Waals surface area contributed by atoms with Gasteiger partial charge in [-0.05, 0) is 20.5 Å². The first-order valence-corrected chi connectivity index (χ1v) is 8.07. The fourth-order valence-corrected chi connectivity index (χ4v) is 4.82. The highest BCUT2D eigenvalue weighted by Gasteiger charge is 2.41. The Kier molecular flexibility index (Phi) is 4.41. The molecule has 1 aliphatic heterocycles. The molecule has 0 radical (unpaired) electrons. The fraction of sp³-hybridized carbons (Fsp3) is 0.727. The molecule has 114 valence electrons. The molecule has 2 rings (SSSR count). The van der Waals surface area contributed by atoms with Crippen LogP contribution in [0.1, 0.15) is 6.42 Å². The van der Waals surface area contributed by atoms with E-state index in [0.29, 0.717) is 13.0 Å². The number of aryl methyl sites for hydroxylation is 1. The van der Waals surface area contributed by atoms with Gasteiger partial charge in [0, 0.05) is 26.2 Å². The molecular formula is C11H19ClN4O3S. The average molecular weight is 323 g/mol. The van der Waals surface area contributed by atoms with E-state index >= 15 is 0 Å². The Balaban J connectivity index is 2.37. The molecule has 1 aromatic rings. The molecule has 1 aromatic heterocycles. The molecule has 0 saturated carbocycles. The van der Waals surface area contributed by atoms with Crippen LogP contribution in [0.15, 0.2) is 11.2 Å². The summed E-state index contributed by atoms with van der Waals surface area (Å²) in [4.78, 5) is 1.90. The lowest BCUT2D eigenvalue weighted by atomic mass is 10.2. The molecular weight excluding hydrogens is 304 g/mol. The third-order valence-electron chi connectivity index (χ3n) is 3.31. The summed E-state index contributed by atoms with van der Waals surface area (Å²) in [6.45, 7) is 0.633. The van der Waals surface area contributed by atoms with Crippen LogP contribution in [0.3, 0.4) is 0 Å². The Bertz CT molecular complexity index is 567. The molecule has 1 saturated heterocycles. The first kappa shape index (κ1) is 15.7. The van der Waals surface area contributed by atoms with E-state index in [1.165, 1.54) is 22.2 Å². The molecule has 20 heavy (non-hydrogen) atoms. The zero-order chi connectivity index (χ0) is 15.1. The number of β-amino-alcohol motifs (C(OH)–C–C–N with tert-alkyl or cyclic N) is 1. The van der Waals surface area contributed by atoms with Gasteiger partial charge in [0.15, 0.2) is 5.03 Å². The van der Waals surface area contributed by atoms with Gasteiger partial charge in [-0.1, -0.05) is 11.6 Å². The number of hydrogen-bond acceptors (Lipinski definition) is 5. The summed E-state index contributed by atoms with van der Waals surface area (Å²) in [6, 6.07) is -0.268. The summed E-state index contributed by atoms with van der Waals surface area (Å²) >= 11 is 5.94. The van der Waals surface area contributed by atoms with Gasteiger partial charge < -0.3 is 10.0 Å². The minimum Gasteiger partial charge on any atom is -0.392 e. The standard InChI is InChI=1S/C11H19ClN4O3S/c1-14(2)6-8-4-9(17)7-16(8)20(18,19)11-10(12)5-13-15(11)3/h5,8-9,17H,4,6-7H2,1-3H3. The summed E-state index contributed by atoms with van der Waals surface area (Å²) in [7, 11) is 1.50. The van der Waals surface area contributed by atoms with Crippen LogP contribution >= 0.6 is 11.6 Å². The van der Waals surface area contributed by atoms with Gasteiger partial charge in [-0.3, -0.25) is 4.68 Å². The number of nitrogens with zero attached hydrogens (tertiary/aromatic N) is 4. The molecule has 2 atom stereocenters. The van der Waals surface area contributed by atoms with E-state index in [-0.39, 0.29) is 22.6 Å². The van der Waals surface area contributed by atoms with Gasteiger partial charge in [-0.15, -0.1) is 0 Å². The molecule has 0 aliphatic carbocycles. The maximum absolute atomic E-state index is 12.7. The normalized spacial score (nSPS) is 24.7. The Morgan fingerprint density at radius 3 is 2.70 bits per heavy atom. The summed E-state index contributed by atoms with van der Waals surface area (Å²) in [5.74, 6) is 0. The van der Waals surface area contributed by atoms with E-state index in [0.717, 1.165) is 0 Å². The number of rotatable bonds is 4. The SMILES string of the molecule is CN(C)CC1CC(O)CN1S(=O)(=O)c1c(Cl)cnn1C. The van der Waals surface area contributed by atoms with Crippen LogP contribution in [0.2, 0.25) is 5.02 Å². The number of hydrogen-bond donors (Lipinski definition) is 1. The van der Waals surface area contributed by atoms with E-state index in [1.54, 1.807) is 0 Å². The van der Waals surface area contributed by atoms with Gasteiger partial charge in [-0.25, -0.2) is 8.42 Å². The molecule has 2 unspecified atom stereocenters. The highest BCUT2D eigenvalue weighted by atomic mass is 35.5. The largest absolute Gasteiger partial charge is 0.392 e. The number of aromatic nitrogens is 2. The molecule has 0 bridgehead atoms. The van der Waals surface area contributed by atoms with Crippen molar-refractivity contribution in [1.29, 1.82) is 0 Å². The number of sulfonamides is 1. The van der Waals surface area contributed by atoms with Gasteiger partial charge in [-0.2, -0.15) is 9.40 Å². The fourth-order valence-electron chi connectivity index (χ4n) is 2.55. The zero-order valence-corrected chi connectivity index (χ0v) is 13.3. The maximum atomic E-state index is 12.7. The highest BCUT2D eigenvalue weighted by molar-refractivity contribution is 7.89. The van der Waals surface area contributed by atoms with Crippen molar-refractivity contribution < 1.29 is 13.5 Å². The van der Waals surface area contributed by atoms with Gasteiger partial charge in [0.1, 0.15) is 0 Å².